The number of nitrogens with zero attached hydrogens (tertiary/aromatic N) is 4. The Morgan fingerprint density at radius 3 is 1.49 bits per heavy atom. The Kier molecular flexibility index (Phi) is 45.8. The summed E-state index contributed by atoms with van der Waals surface area (Å²) in [5.41, 5.74) is 10.0. The third kappa shape index (κ3) is 42.4. The van der Waals surface area contributed by atoms with E-state index in [9.17, 15) is 28.8 Å². The van der Waals surface area contributed by atoms with Gasteiger partial charge >= 0.3 is 29.8 Å². The van der Waals surface area contributed by atoms with Gasteiger partial charge in [-0.05, 0) is 118 Å². The molecule has 0 saturated carbocycles. The zero-order chi connectivity index (χ0) is 50.3. The minimum absolute atomic E-state index is 0. The molecule has 2 aromatic carbocycles. The van der Waals surface area contributed by atoms with E-state index in [-0.39, 0.29) is 52.2 Å². The van der Waals surface area contributed by atoms with Gasteiger partial charge < -0.3 is 38.3 Å². The number of rotatable bonds is 29. The Bertz CT molecular complexity index is 1890. The summed E-state index contributed by atoms with van der Waals surface area (Å²) in [4.78, 5) is 70.7. The molecule has 18 nitrogen and oxygen atoms in total. The van der Waals surface area contributed by atoms with Crippen LogP contribution in [-0.2, 0) is 52.5 Å². The van der Waals surface area contributed by atoms with E-state index >= 15 is 0 Å². The molecule has 0 radical (unpaired) electrons. The van der Waals surface area contributed by atoms with E-state index in [4.69, 9.17) is 29.6 Å². The highest BCUT2D eigenvalue weighted by atomic mass is 127. The lowest BCUT2D eigenvalue weighted by Crippen LogP contribution is -2.10. The molecule has 1 N–H and O–H groups in total. The number of alkyl halides is 1. The van der Waals surface area contributed by atoms with Crippen LogP contribution in [0.3, 0.4) is 0 Å². The van der Waals surface area contributed by atoms with Gasteiger partial charge in [0.05, 0.1) is 51.7 Å². The van der Waals surface area contributed by atoms with Gasteiger partial charge in [-0.3, -0.25) is 4.79 Å². The summed E-state index contributed by atoms with van der Waals surface area (Å²) in [5.74, 6) is -0.349. The number of aliphatic hydroxyl groups excluding tert-OH is 1. The fourth-order valence-electron chi connectivity index (χ4n) is 4.46. The van der Waals surface area contributed by atoms with Gasteiger partial charge in [-0.15, -0.1) is 0 Å². The number of aliphatic imine (C=N–C) groups is 1. The molecule has 376 valence electrons. The van der Waals surface area contributed by atoms with Crippen LogP contribution in [0.1, 0.15) is 96.6 Å². The molecule has 0 heterocycles. The molecule has 0 aliphatic rings. The molecule has 0 unspecified atom stereocenters. The molecular formula is C49H69IN4O14. The maximum atomic E-state index is 11.6. The van der Waals surface area contributed by atoms with Crippen LogP contribution < -0.4 is 9.47 Å². The lowest BCUT2D eigenvalue weighted by atomic mass is 10.2. The maximum Gasteiger partial charge on any atom is 0.333 e. The number of isocyanates is 1. The van der Waals surface area contributed by atoms with Crippen molar-refractivity contribution in [1.29, 1.82) is 0 Å². The van der Waals surface area contributed by atoms with Gasteiger partial charge in [0.2, 0.25) is 6.08 Å². The number of hydrogen-bond donors (Lipinski definition) is 1. The third-order valence-electron chi connectivity index (χ3n) is 7.95. The Morgan fingerprint density at radius 2 is 1.10 bits per heavy atom. The van der Waals surface area contributed by atoms with Crippen molar-refractivity contribution in [3.8, 4) is 11.5 Å². The first kappa shape index (κ1) is 66.0. The van der Waals surface area contributed by atoms with Crippen molar-refractivity contribution in [3.63, 3.8) is 0 Å². The lowest BCUT2D eigenvalue weighted by molar-refractivity contribution is -0.146. The molecule has 2 aromatic rings. The van der Waals surface area contributed by atoms with Gasteiger partial charge in [0.15, 0.2) is 0 Å². The number of azide groups is 1. The molecule has 0 saturated heterocycles. The summed E-state index contributed by atoms with van der Waals surface area (Å²) in [7, 11) is 2.69. The van der Waals surface area contributed by atoms with Crippen molar-refractivity contribution in [3.05, 3.63) is 107 Å². The largest absolute Gasteiger partial charge is 0.494 e. The highest BCUT2D eigenvalue weighted by Gasteiger charge is 2.06. The smallest absolute Gasteiger partial charge is 0.333 e. The molecule has 68 heavy (non-hydrogen) atoms. The fraction of sp³-hybridized carbons (Fsp3) is 0.469. The molecule has 0 amide bonds. The van der Waals surface area contributed by atoms with Gasteiger partial charge in [-0.1, -0.05) is 79.0 Å². The third-order valence-corrected chi connectivity index (χ3v) is 8.26. The van der Waals surface area contributed by atoms with E-state index in [0.29, 0.717) is 41.9 Å². The minimum Gasteiger partial charge on any atom is -0.494 e. The first-order valence-corrected chi connectivity index (χ1v) is 22.8. The van der Waals surface area contributed by atoms with Crippen LogP contribution in [-0.4, -0.2) is 106 Å². The zero-order valence-corrected chi connectivity index (χ0v) is 41.1. The van der Waals surface area contributed by atoms with Crippen molar-refractivity contribution in [2.24, 2.45) is 10.1 Å². The highest BCUT2D eigenvalue weighted by Crippen LogP contribution is 2.15. The van der Waals surface area contributed by atoms with E-state index in [0.717, 1.165) is 74.0 Å². The summed E-state index contributed by atoms with van der Waals surface area (Å²) in [6.45, 7) is 12.4. The predicted octanol–water partition coefficient (Wildman–Crippen LogP) is 9.83. The second-order valence-electron chi connectivity index (χ2n) is 13.6. The summed E-state index contributed by atoms with van der Waals surface area (Å²) in [6, 6.07) is 15.0. The van der Waals surface area contributed by atoms with Gasteiger partial charge in [0.1, 0.15) is 18.1 Å². The van der Waals surface area contributed by atoms with Gasteiger partial charge in [-0.2, -0.15) is 0 Å². The number of hydrogen-bond acceptors (Lipinski definition) is 16. The van der Waals surface area contributed by atoms with Crippen molar-refractivity contribution < 1.29 is 67.0 Å². The average Bonchev–Trinajstić information content (AvgIpc) is 3.33. The molecule has 0 atom stereocenters. The molecule has 0 aromatic heterocycles. The van der Waals surface area contributed by atoms with Crippen LogP contribution in [0.4, 0.5) is 0 Å². The Hall–Kier alpha value is -6.27. The first-order valence-electron chi connectivity index (χ1n) is 21.3. The SMILES string of the molecule is C.C=C(C)C(=O)OCCCC(=O)OCCCCCCOc1ccc(/C=C/C(=O)OC)cc1.C=C(C)C(=O)OCCN=C=O.COC(=O)/C=C/c1ccc(OCCCCCCO)cc1.[N-]=[N+]=NCI. The number of esters is 5. The molecule has 0 fully saturated rings. The number of unbranched alkanes of at least 4 members (excludes halogenated alkanes) is 6. The molecule has 0 spiro atoms. The van der Waals surface area contributed by atoms with E-state index in [1.165, 1.54) is 32.5 Å². The van der Waals surface area contributed by atoms with Crippen molar-refractivity contribution in [2.75, 3.05) is 65.0 Å². The Morgan fingerprint density at radius 1 is 0.676 bits per heavy atom. The van der Waals surface area contributed by atoms with Gasteiger partial charge in [0, 0.05) is 41.2 Å². The normalized spacial score (nSPS) is 9.68. The number of aliphatic hydroxyl groups is 1. The van der Waals surface area contributed by atoms with Gasteiger partial charge in [-0.25, -0.2) is 29.0 Å². The zero-order valence-electron chi connectivity index (χ0n) is 39.0. The van der Waals surface area contributed by atoms with Crippen LogP contribution in [0.2, 0.25) is 0 Å². The van der Waals surface area contributed by atoms with E-state index < -0.39 is 17.9 Å². The highest BCUT2D eigenvalue weighted by molar-refractivity contribution is 14.1. The van der Waals surface area contributed by atoms with E-state index in [1.54, 1.807) is 26.0 Å². The summed E-state index contributed by atoms with van der Waals surface area (Å²) in [5, 5.41) is 11.8. The summed E-state index contributed by atoms with van der Waals surface area (Å²) in [6.07, 6.45) is 15.7. The van der Waals surface area contributed by atoms with Crippen LogP contribution in [0, 0.1) is 0 Å². The Balaban J connectivity index is -0.000000971. The van der Waals surface area contributed by atoms with Crippen LogP contribution in [0.15, 0.2) is 95.1 Å². The molecule has 2 rings (SSSR count). The first-order chi connectivity index (χ1) is 32.3. The van der Waals surface area contributed by atoms with Crippen molar-refractivity contribution in [1.82, 2.24) is 0 Å². The molecule has 19 heteroatoms. The number of carbonyl (C=O) groups excluding carboxylic acids is 6. The van der Waals surface area contributed by atoms with Crippen LogP contribution >= 0.6 is 22.6 Å². The maximum absolute atomic E-state index is 11.6. The quantitative estimate of drug-likeness (QED) is 0.00648. The van der Waals surface area contributed by atoms with Crippen LogP contribution in [0.5, 0.6) is 11.5 Å². The summed E-state index contributed by atoms with van der Waals surface area (Å²) < 4.78 is 35.6. The average molecular weight is 1070 g/mol. The number of benzene rings is 2. The Labute approximate surface area is 414 Å². The molecule has 0 aliphatic heterocycles. The minimum atomic E-state index is -0.467. The second kappa shape index (κ2) is 47.2. The monoisotopic (exact) mass is 1060 g/mol. The van der Waals surface area contributed by atoms with E-state index in [1.807, 2.05) is 71.1 Å². The van der Waals surface area contributed by atoms with E-state index in [2.05, 4.69) is 42.4 Å². The number of methoxy groups -OCH3 is 2. The van der Waals surface area contributed by atoms with Crippen molar-refractivity contribution in [2.45, 2.75) is 85.5 Å². The predicted molar refractivity (Wildman–Crippen MR) is 269 cm³/mol. The molecule has 0 aliphatic carbocycles. The number of carbonyl (C=O) groups is 5. The van der Waals surface area contributed by atoms with Gasteiger partial charge in [0.25, 0.3) is 0 Å². The lowest BCUT2D eigenvalue weighted by Gasteiger charge is -2.07. The fourth-order valence-corrected chi connectivity index (χ4v) is 4.60. The summed E-state index contributed by atoms with van der Waals surface area (Å²) >= 11 is 1.97. The number of halogens is 1. The van der Waals surface area contributed by atoms with Crippen molar-refractivity contribution >= 4 is 70.7 Å². The molecular weight excluding hydrogens is 995 g/mol. The van der Waals surface area contributed by atoms with Crippen LogP contribution in [0.25, 0.3) is 22.6 Å². The second-order valence-corrected chi connectivity index (χ2v) is 14.3. The standard InChI is InChI=1S/C24H32O7.C16H22O4.C7H9NO3.CH2IN3.CH4/c1-19(2)24(27)31-18-8-9-23(26)30-17-7-5-4-6-16-29-21-13-10-20(11-14-21)12-15-22(25)28-3;1-19-16(18)11-8-14-6-9-15(10-7-14)20-13-5-3-2-4-12-17;1-6(2)7(10)11-4-3-8-5-9;2-1-4-5-3;/h10-15H,1,4-9,16-18H2,2-3H3;6-11,17H,2-5,12-13H2,1H3;1,3-4H2,2H3;1H2;1H4/b15-12+;11-8+;;;. The number of ether oxygens (including phenoxy) is 7. The topological polar surface area (TPSA) is 248 Å². The molecule has 0 bridgehead atoms.